The second-order valence-corrected chi connectivity index (χ2v) is 16.7. The normalized spacial score (nSPS) is 22.2. The van der Waals surface area contributed by atoms with Crippen molar-refractivity contribution in [2.45, 2.75) is 36.1 Å². The number of nitrogens with zero attached hydrogens (tertiary/aromatic N) is 3. The number of imide groups is 1. The molecule has 15 heteroatoms. The highest BCUT2D eigenvalue weighted by Gasteiger charge is 2.76. The summed E-state index contributed by atoms with van der Waals surface area (Å²) in [4.78, 5) is 69.3. The van der Waals surface area contributed by atoms with E-state index in [1.807, 2.05) is 89.8 Å². The van der Waals surface area contributed by atoms with Crippen LogP contribution in [0, 0.1) is 17.8 Å². The van der Waals surface area contributed by atoms with Gasteiger partial charge in [-0.3, -0.25) is 19.3 Å². The fraction of sp³-hybridized carbons (Fsp3) is 0.260. The van der Waals surface area contributed by atoms with Crippen molar-refractivity contribution >= 4 is 56.2 Å². The Hall–Kier alpha value is -6.93. The van der Waals surface area contributed by atoms with Crippen LogP contribution >= 0.6 is 11.3 Å². The highest BCUT2D eigenvalue weighted by atomic mass is 32.1. The Morgan fingerprint density at radius 2 is 1.55 bits per heavy atom. The van der Waals surface area contributed by atoms with Crippen molar-refractivity contribution in [3.63, 3.8) is 0 Å². The van der Waals surface area contributed by atoms with Crippen molar-refractivity contribution in [3.05, 3.63) is 155 Å². The summed E-state index contributed by atoms with van der Waals surface area (Å²) in [5.41, 5.74) is 1.32. The number of benzene rings is 5. The number of amides is 3. The number of methoxy groups -OCH3 is 1. The first kappa shape index (κ1) is 43.3. The van der Waals surface area contributed by atoms with Crippen LogP contribution < -0.4 is 15.0 Å². The molecule has 1 spiro atoms. The van der Waals surface area contributed by atoms with E-state index in [0.29, 0.717) is 28.0 Å². The smallest absolute Gasteiger partial charge is 0.421 e. The molecule has 330 valence electrons. The Morgan fingerprint density at radius 1 is 0.831 bits per heavy atom. The average molecular weight is 893 g/mol. The molecule has 3 N–H and O–H groups in total. The lowest BCUT2D eigenvalue weighted by atomic mass is 9.65. The number of fused-ring (bicyclic) bond motifs is 4. The first-order valence-electron chi connectivity index (χ1n) is 21.1. The summed E-state index contributed by atoms with van der Waals surface area (Å²) in [5, 5.41) is 22.4. The SMILES string of the molecule is COCCOC(=O)N1C(=O)C2(c3cc(C#CCCO)ccc31)C(C(=O)Nc1nc3ccccc3s1)C1C(=O)OC(c3ccccc3)C(c3ccccc3)N1C2c1ccc(OCCO)cc1. The van der Waals surface area contributed by atoms with Crippen molar-refractivity contribution in [1.82, 2.24) is 9.88 Å². The van der Waals surface area contributed by atoms with Crippen LogP contribution in [0.2, 0.25) is 0 Å². The summed E-state index contributed by atoms with van der Waals surface area (Å²) >= 11 is 1.24. The monoisotopic (exact) mass is 892 g/mol. The number of para-hydroxylation sites is 1. The molecule has 65 heavy (non-hydrogen) atoms. The largest absolute Gasteiger partial charge is 0.491 e. The molecule has 1 aromatic heterocycles. The van der Waals surface area contributed by atoms with Gasteiger partial charge in [-0.25, -0.2) is 14.7 Å². The van der Waals surface area contributed by atoms with E-state index < -0.39 is 59.4 Å². The van der Waals surface area contributed by atoms with Gasteiger partial charge >= 0.3 is 12.1 Å². The fourth-order valence-corrected chi connectivity index (χ4v) is 10.3. The third-order valence-corrected chi connectivity index (χ3v) is 12.9. The standard InChI is InChI=1S/C50H44N4O10S/c1-61-28-29-63-49(60)53-38-24-19-31(12-10-11-25-55)30-36(38)50(47(53)59)40(45(57)52-48-51-37-17-8-9-18-39(37)65-48)42-46(58)64-43(33-15-6-3-7-16-33)41(32-13-4-2-5-14-32)54(42)44(50)34-20-22-35(23-21-34)62-27-26-56/h2-9,13-24,30,40-44,55-56H,11,25-29H2,1H3,(H,51,52,57). The zero-order chi connectivity index (χ0) is 45.1. The Kier molecular flexibility index (Phi) is 12.4. The van der Waals surface area contributed by atoms with Gasteiger partial charge in [0.15, 0.2) is 5.13 Å². The molecule has 0 saturated carbocycles. The zero-order valence-electron chi connectivity index (χ0n) is 35.2. The number of hydrogen-bond acceptors (Lipinski definition) is 13. The molecule has 0 bridgehead atoms. The molecule has 3 aliphatic rings. The maximum Gasteiger partial charge on any atom is 0.421 e. The lowest BCUT2D eigenvalue weighted by molar-refractivity contribution is -0.177. The van der Waals surface area contributed by atoms with Gasteiger partial charge in [-0.2, -0.15) is 0 Å². The lowest BCUT2D eigenvalue weighted by Gasteiger charge is -2.46. The molecule has 6 atom stereocenters. The number of rotatable bonds is 12. The highest BCUT2D eigenvalue weighted by molar-refractivity contribution is 7.22. The Labute approximate surface area is 378 Å². The van der Waals surface area contributed by atoms with Gasteiger partial charge in [-0.1, -0.05) is 108 Å². The van der Waals surface area contributed by atoms with Gasteiger partial charge in [0.1, 0.15) is 36.5 Å². The molecule has 3 aliphatic heterocycles. The molecule has 3 amide bonds. The third-order valence-electron chi connectivity index (χ3n) is 12.0. The van der Waals surface area contributed by atoms with Crippen LogP contribution in [0.4, 0.5) is 15.6 Å². The second kappa shape index (κ2) is 18.7. The van der Waals surface area contributed by atoms with Crippen molar-refractivity contribution in [2.24, 2.45) is 5.92 Å². The molecule has 6 aromatic rings. The predicted molar refractivity (Wildman–Crippen MR) is 241 cm³/mol. The minimum Gasteiger partial charge on any atom is -0.491 e. The number of aromatic nitrogens is 1. The maximum absolute atomic E-state index is 16.3. The van der Waals surface area contributed by atoms with E-state index >= 15 is 14.4 Å². The molecule has 5 aromatic carbocycles. The van der Waals surface area contributed by atoms with Crippen LogP contribution in [0.1, 0.15) is 52.4 Å². The molecule has 9 rings (SSSR count). The van der Waals surface area contributed by atoms with Gasteiger partial charge in [-0.15, -0.1) is 0 Å². The minimum atomic E-state index is -2.07. The van der Waals surface area contributed by atoms with E-state index in [1.54, 1.807) is 42.5 Å². The summed E-state index contributed by atoms with van der Waals surface area (Å²) in [6.07, 6.45) is -1.77. The zero-order valence-corrected chi connectivity index (χ0v) is 36.0. The summed E-state index contributed by atoms with van der Waals surface area (Å²) in [5.74, 6) is 2.60. The topological polar surface area (TPSA) is 177 Å². The van der Waals surface area contributed by atoms with Crippen molar-refractivity contribution < 1.29 is 48.3 Å². The second-order valence-electron chi connectivity index (χ2n) is 15.6. The van der Waals surface area contributed by atoms with E-state index in [9.17, 15) is 15.0 Å². The fourth-order valence-electron chi connectivity index (χ4n) is 9.48. The number of morpholine rings is 1. The number of nitrogens with one attached hydrogen (secondary N) is 1. The first-order chi connectivity index (χ1) is 31.8. The van der Waals surface area contributed by atoms with Gasteiger partial charge < -0.3 is 34.5 Å². The van der Waals surface area contributed by atoms with Gasteiger partial charge in [0, 0.05) is 19.1 Å². The van der Waals surface area contributed by atoms with Crippen LogP contribution in [-0.4, -0.2) is 90.2 Å². The number of aliphatic hydroxyl groups excluding tert-OH is 2. The van der Waals surface area contributed by atoms with E-state index in [0.717, 1.165) is 15.2 Å². The van der Waals surface area contributed by atoms with E-state index in [2.05, 4.69) is 17.2 Å². The van der Waals surface area contributed by atoms with Gasteiger partial charge in [0.25, 0.3) is 0 Å². The molecule has 6 unspecified atom stereocenters. The number of thiazole rings is 1. The van der Waals surface area contributed by atoms with Crippen LogP contribution in [-0.2, 0) is 34.0 Å². The molecule has 2 fully saturated rings. The van der Waals surface area contributed by atoms with E-state index in [1.165, 1.54) is 18.4 Å². The number of aliphatic hydroxyl groups is 2. The summed E-state index contributed by atoms with van der Waals surface area (Å²) in [6, 6.07) is 34.6. The Morgan fingerprint density at radius 3 is 2.26 bits per heavy atom. The maximum atomic E-state index is 16.3. The average Bonchev–Trinajstić information content (AvgIpc) is 3.97. The number of carbonyl (C=O) groups excluding carboxylic acids is 4. The number of cyclic esters (lactones) is 1. The predicted octanol–water partition coefficient (Wildman–Crippen LogP) is 6.49. The van der Waals surface area contributed by atoms with Crippen molar-refractivity contribution in [1.29, 1.82) is 0 Å². The molecule has 14 nitrogen and oxygen atoms in total. The number of anilines is 2. The number of ether oxygens (including phenoxy) is 4. The summed E-state index contributed by atoms with van der Waals surface area (Å²) in [7, 11) is 1.46. The van der Waals surface area contributed by atoms with Gasteiger partial charge in [0.05, 0.1) is 53.7 Å². The third kappa shape index (κ3) is 7.79. The lowest BCUT2D eigenvalue weighted by Crippen LogP contribution is -2.54. The molecule has 0 aliphatic carbocycles. The number of hydrogen-bond donors (Lipinski definition) is 3. The molecule has 4 heterocycles. The number of esters is 1. The van der Waals surface area contributed by atoms with Gasteiger partial charge in [0.2, 0.25) is 11.8 Å². The van der Waals surface area contributed by atoms with Gasteiger partial charge in [-0.05, 0) is 64.7 Å². The number of carbonyl (C=O) groups is 4. The molecule has 0 radical (unpaired) electrons. The van der Waals surface area contributed by atoms with E-state index in [4.69, 9.17) is 23.9 Å². The van der Waals surface area contributed by atoms with Crippen LogP contribution in [0.25, 0.3) is 10.2 Å². The summed E-state index contributed by atoms with van der Waals surface area (Å²) < 4.78 is 24.0. The first-order valence-corrected chi connectivity index (χ1v) is 21.9. The Bertz CT molecular complexity index is 2760. The van der Waals surface area contributed by atoms with Crippen molar-refractivity contribution in [2.75, 3.05) is 50.4 Å². The summed E-state index contributed by atoms with van der Waals surface area (Å²) in [6.45, 7) is -0.504. The van der Waals surface area contributed by atoms with Crippen LogP contribution in [0.5, 0.6) is 5.75 Å². The molecular weight excluding hydrogens is 849 g/mol. The van der Waals surface area contributed by atoms with Crippen molar-refractivity contribution in [3.8, 4) is 17.6 Å². The highest BCUT2D eigenvalue weighted by Crippen LogP contribution is 2.66. The van der Waals surface area contributed by atoms with Crippen LogP contribution in [0.3, 0.4) is 0 Å². The molecular formula is C50H44N4O10S. The van der Waals surface area contributed by atoms with E-state index in [-0.39, 0.29) is 55.8 Å². The quantitative estimate of drug-likeness (QED) is 0.0693. The molecule has 2 saturated heterocycles. The van der Waals surface area contributed by atoms with Crippen LogP contribution in [0.15, 0.2) is 127 Å². The Balaban J connectivity index is 1.35. The minimum absolute atomic E-state index is 0.0295.